The Morgan fingerprint density at radius 3 is 2.49 bits per heavy atom. The number of anilines is 2. The van der Waals surface area contributed by atoms with Gasteiger partial charge in [0, 0.05) is 36.6 Å². The second-order valence-electron chi connectivity index (χ2n) is 8.79. The Balaban J connectivity index is 2.44. The van der Waals surface area contributed by atoms with Crippen molar-refractivity contribution in [2.45, 2.75) is 40.4 Å². The molecule has 0 spiro atoms. The van der Waals surface area contributed by atoms with Gasteiger partial charge in [0.1, 0.15) is 21.8 Å². The van der Waals surface area contributed by atoms with Gasteiger partial charge in [-0.15, -0.1) is 0 Å². The first-order chi connectivity index (χ1) is 17.2. The van der Waals surface area contributed by atoms with Crippen LogP contribution in [-0.4, -0.2) is 36.2 Å². The first-order valence-electron chi connectivity index (χ1n) is 11.0. The third-order valence-electron chi connectivity index (χ3n) is 4.84. The third kappa shape index (κ3) is 7.98. The second kappa shape index (κ2) is 11.8. The zero-order valence-electron chi connectivity index (χ0n) is 20.9. The van der Waals surface area contributed by atoms with Crippen LogP contribution in [0.4, 0.5) is 24.5 Å². The molecule has 0 fully saturated rings. The van der Waals surface area contributed by atoms with E-state index in [2.05, 4.69) is 16.8 Å². The van der Waals surface area contributed by atoms with Gasteiger partial charge in [0.2, 0.25) is 5.91 Å². The zero-order chi connectivity index (χ0) is 28.0. The molecule has 1 heterocycles. The van der Waals surface area contributed by atoms with Crippen LogP contribution in [-0.2, 0) is 16.1 Å². The van der Waals surface area contributed by atoms with Crippen molar-refractivity contribution < 1.29 is 22.8 Å². The molecule has 8 nitrogen and oxygen atoms in total. The molecule has 1 aromatic heterocycles. The summed E-state index contributed by atoms with van der Waals surface area (Å²) in [5.74, 6) is -1.31. The Bertz CT molecular complexity index is 1480. The summed E-state index contributed by atoms with van der Waals surface area (Å²) >= 11 is 0.875. The molecule has 0 bridgehead atoms. The van der Waals surface area contributed by atoms with Crippen LogP contribution in [0.15, 0.2) is 40.8 Å². The number of thiazole rings is 1. The van der Waals surface area contributed by atoms with Crippen molar-refractivity contribution >= 4 is 46.0 Å². The molecule has 0 atom stereocenters. The first-order valence-corrected chi connectivity index (χ1v) is 11.8. The molecule has 37 heavy (non-hydrogen) atoms. The van der Waals surface area contributed by atoms with E-state index in [0.717, 1.165) is 11.3 Å². The highest BCUT2D eigenvalue weighted by atomic mass is 32.1. The number of hydrogen-bond acceptors (Lipinski definition) is 6. The summed E-state index contributed by atoms with van der Waals surface area (Å²) in [5, 5.41) is 13.8. The maximum atomic E-state index is 12.7. The summed E-state index contributed by atoms with van der Waals surface area (Å²) in [6.07, 6.45) is -3.24. The number of hydrogen-bond donors (Lipinski definition) is 2. The van der Waals surface area contributed by atoms with Gasteiger partial charge in [-0.2, -0.15) is 18.4 Å². The molecule has 0 aliphatic heterocycles. The number of nitriles is 1. The average Bonchev–Trinajstić information content (AvgIpc) is 3.12. The van der Waals surface area contributed by atoms with E-state index in [1.165, 1.54) is 16.8 Å². The van der Waals surface area contributed by atoms with E-state index in [9.17, 15) is 32.8 Å². The van der Waals surface area contributed by atoms with E-state index in [0.29, 0.717) is 11.4 Å². The van der Waals surface area contributed by atoms with E-state index < -0.39 is 35.2 Å². The summed E-state index contributed by atoms with van der Waals surface area (Å²) in [4.78, 5) is 38.7. The lowest BCUT2D eigenvalue weighted by Crippen LogP contribution is -2.36. The maximum absolute atomic E-state index is 12.7. The largest absolute Gasteiger partial charge is 0.405 e. The number of nitrogens with zero attached hydrogens (tertiary/aromatic N) is 3. The van der Waals surface area contributed by atoms with Gasteiger partial charge in [-0.05, 0) is 25.1 Å². The summed E-state index contributed by atoms with van der Waals surface area (Å²) in [6, 6.07) is 8.57. The lowest BCUT2D eigenvalue weighted by atomic mass is 9.94. The van der Waals surface area contributed by atoms with Crippen LogP contribution in [0, 0.1) is 16.7 Å². The van der Waals surface area contributed by atoms with Crippen LogP contribution >= 0.6 is 11.3 Å². The molecule has 2 amide bonds. The minimum absolute atomic E-state index is 0.0638. The number of halogens is 3. The number of rotatable bonds is 6. The molecular weight excluding hydrogens is 507 g/mol. The van der Waals surface area contributed by atoms with Crippen LogP contribution < -0.4 is 30.3 Å². The van der Waals surface area contributed by atoms with Crippen LogP contribution in [0.1, 0.15) is 27.7 Å². The second-order valence-corrected chi connectivity index (χ2v) is 9.79. The molecule has 0 saturated heterocycles. The minimum Gasteiger partial charge on any atom is -0.355 e. The predicted molar refractivity (Wildman–Crippen MR) is 136 cm³/mol. The van der Waals surface area contributed by atoms with Crippen molar-refractivity contribution in [2.24, 2.45) is 5.41 Å². The highest BCUT2D eigenvalue weighted by Gasteiger charge is 2.28. The van der Waals surface area contributed by atoms with E-state index in [1.54, 1.807) is 48.5 Å². The number of benzene rings is 1. The van der Waals surface area contributed by atoms with Gasteiger partial charge >= 0.3 is 6.18 Å². The smallest absolute Gasteiger partial charge is 0.355 e. The zero-order valence-corrected chi connectivity index (χ0v) is 21.7. The molecule has 0 aliphatic carbocycles. The van der Waals surface area contributed by atoms with Gasteiger partial charge in [-0.1, -0.05) is 49.6 Å². The first kappa shape index (κ1) is 29.2. The Morgan fingerprint density at radius 2 is 1.92 bits per heavy atom. The van der Waals surface area contributed by atoms with Gasteiger partial charge in [-0.25, -0.2) is 0 Å². The summed E-state index contributed by atoms with van der Waals surface area (Å²) in [7, 11) is 1.68. The number of nitrogens with one attached hydrogen (secondary N) is 2. The van der Waals surface area contributed by atoms with E-state index >= 15 is 0 Å². The standard InChI is InChI=1S/C25H26F3N5O3S/c1-6-33-20(12-16(14-29)21(34)31-15-25(26,27)28)37-19(22(33)35)10-11-30-17-8-7-9-18(13-17)32(5)23(36)24(2,3)4/h7-9,11,13,30H,6,15H2,1-5H3,(H,31,34). The van der Waals surface area contributed by atoms with Crippen molar-refractivity contribution in [3.05, 3.63) is 55.6 Å². The highest BCUT2D eigenvalue weighted by Crippen LogP contribution is 2.24. The molecule has 2 aromatic rings. The molecule has 196 valence electrons. The van der Waals surface area contributed by atoms with Crippen molar-refractivity contribution in [1.29, 1.82) is 5.26 Å². The maximum Gasteiger partial charge on any atom is 0.405 e. The van der Waals surface area contributed by atoms with Crippen molar-refractivity contribution in [3.8, 4) is 6.07 Å². The van der Waals surface area contributed by atoms with Gasteiger partial charge in [0.25, 0.3) is 11.5 Å². The molecule has 1 aromatic carbocycles. The number of aromatic nitrogens is 1. The van der Waals surface area contributed by atoms with E-state index in [1.807, 2.05) is 20.8 Å². The molecule has 0 unspecified atom stereocenters. The van der Waals surface area contributed by atoms with Gasteiger partial charge < -0.3 is 15.5 Å². The number of carbonyl (C=O) groups excluding carboxylic acids is 2. The van der Waals surface area contributed by atoms with Crippen molar-refractivity contribution in [1.82, 2.24) is 9.88 Å². The topological polar surface area (TPSA) is 107 Å². The molecule has 0 radical (unpaired) electrons. The van der Waals surface area contributed by atoms with E-state index in [4.69, 9.17) is 0 Å². The van der Waals surface area contributed by atoms with Gasteiger partial charge in [-0.3, -0.25) is 19.0 Å². The Labute approximate surface area is 215 Å². The lowest BCUT2D eigenvalue weighted by molar-refractivity contribution is -0.136. The SMILES string of the molecule is CCn1c(=C=C(C#N)C(=O)NCC(F)(F)F)sc(=C=CNc2cccc(N(C)C(=O)C(C)(C)C)c2)c1=O. The van der Waals surface area contributed by atoms with Crippen LogP contribution in [0.2, 0.25) is 0 Å². The van der Waals surface area contributed by atoms with Crippen molar-refractivity contribution in [2.75, 3.05) is 23.8 Å². The fraction of sp³-hybridized carbons (Fsp3) is 0.360. The fourth-order valence-electron chi connectivity index (χ4n) is 3.00. The van der Waals surface area contributed by atoms with Crippen LogP contribution in [0.25, 0.3) is 11.5 Å². The average molecular weight is 534 g/mol. The Hall–Kier alpha value is -4.03. The summed E-state index contributed by atoms with van der Waals surface area (Å²) in [5.41, 5.74) is 4.83. The summed E-state index contributed by atoms with van der Waals surface area (Å²) < 4.78 is 38.5. The molecule has 12 heteroatoms. The van der Waals surface area contributed by atoms with Crippen molar-refractivity contribution in [3.63, 3.8) is 0 Å². The fourth-order valence-corrected chi connectivity index (χ4v) is 3.99. The highest BCUT2D eigenvalue weighted by molar-refractivity contribution is 7.07. The Morgan fingerprint density at radius 1 is 1.24 bits per heavy atom. The van der Waals surface area contributed by atoms with E-state index in [-0.39, 0.29) is 21.6 Å². The predicted octanol–water partition coefficient (Wildman–Crippen LogP) is 2.45. The number of carbonyl (C=O) groups is 2. The third-order valence-corrected chi connectivity index (χ3v) is 5.85. The van der Waals surface area contributed by atoms with Gasteiger partial charge in [0.15, 0.2) is 5.57 Å². The number of alkyl halides is 3. The molecule has 0 saturated carbocycles. The molecule has 0 aliphatic rings. The number of amides is 2. The minimum atomic E-state index is -4.64. The quantitative estimate of drug-likeness (QED) is 0.438. The van der Waals surface area contributed by atoms with Gasteiger partial charge in [0.05, 0.1) is 0 Å². The van der Waals surface area contributed by atoms with Crippen LogP contribution in [0.5, 0.6) is 0 Å². The molecule has 2 rings (SSSR count). The molecular formula is C25H26F3N5O3S. The normalized spacial score (nSPS) is 11.0. The Kier molecular flexibility index (Phi) is 9.32. The lowest BCUT2D eigenvalue weighted by Gasteiger charge is -2.26. The van der Waals surface area contributed by atoms with Crippen LogP contribution in [0.3, 0.4) is 0 Å². The monoisotopic (exact) mass is 533 g/mol. The molecule has 2 N–H and O–H groups in total. The summed E-state index contributed by atoms with van der Waals surface area (Å²) in [6.45, 7) is 5.70.